The molecule has 4 heteroatoms. The van der Waals surface area contributed by atoms with Crippen molar-refractivity contribution in [1.29, 1.82) is 0 Å². The summed E-state index contributed by atoms with van der Waals surface area (Å²) in [6.07, 6.45) is 5.87. The summed E-state index contributed by atoms with van der Waals surface area (Å²) >= 11 is 0. The van der Waals surface area contributed by atoms with Crippen LogP contribution in [0.1, 0.15) is 18.9 Å². The van der Waals surface area contributed by atoms with Gasteiger partial charge in [0.15, 0.2) is 0 Å². The Morgan fingerprint density at radius 1 is 1.56 bits per heavy atom. The van der Waals surface area contributed by atoms with Gasteiger partial charge in [-0.05, 0) is 24.3 Å². The van der Waals surface area contributed by atoms with Crippen LogP contribution < -0.4 is 0 Å². The molecule has 0 spiro atoms. The van der Waals surface area contributed by atoms with E-state index in [2.05, 4.69) is 23.1 Å². The summed E-state index contributed by atoms with van der Waals surface area (Å²) in [6.45, 7) is 5.23. The molecule has 0 saturated carbocycles. The molecule has 0 amide bonds. The molecule has 2 atom stereocenters. The third-order valence-electron chi connectivity index (χ3n) is 3.42. The average Bonchev–Trinajstić information content (AvgIpc) is 2.66. The number of rotatable bonds is 3. The Hall–Kier alpha value is -0.870. The predicted molar refractivity (Wildman–Crippen MR) is 63.1 cm³/mol. The topological polar surface area (TPSA) is 41.3 Å². The van der Waals surface area contributed by atoms with E-state index in [1.54, 1.807) is 0 Å². The van der Waals surface area contributed by atoms with E-state index in [0.29, 0.717) is 5.92 Å². The van der Waals surface area contributed by atoms with Gasteiger partial charge in [-0.15, -0.1) is 0 Å². The highest BCUT2D eigenvalue weighted by molar-refractivity contribution is 5.04. The quantitative estimate of drug-likeness (QED) is 0.818. The van der Waals surface area contributed by atoms with Gasteiger partial charge >= 0.3 is 0 Å². The molecule has 0 radical (unpaired) electrons. The van der Waals surface area contributed by atoms with Gasteiger partial charge in [0.25, 0.3) is 0 Å². The maximum atomic E-state index is 9.64. The van der Waals surface area contributed by atoms with Crippen molar-refractivity contribution in [2.45, 2.75) is 25.9 Å². The Bertz CT molecular complexity index is 337. The highest BCUT2D eigenvalue weighted by Gasteiger charge is 2.23. The van der Waals surface area contributed by atoms with Crippen molar-refractivity contribution < 1.29 is 5.11 Å². The van der Waals surface area contributed by atoms with Crippen LogP contribution in [0.2, 0.25) is 0 Å². The summed E-state index contributed by atoms with van der Waals surface area (Å²) in [4.78, 5) is 2.43. The summed E-state index contributed by atoms with van der Waals surface area (Å²) < 4.78 is 1.85. The third-order valence-corrected chi connectivity index (χ3v) is 3.42. The molecule has 0 aliphatic carbocycles. The van der Waals surface area contributed by atoms with Crippen molar-refractivity contribution in [3.8, 4) is 0 Å². The molecule has 0 aromatic carbocycles. The largest absolute Gasteiger partial charge is 0.393 e. The lowest BCUT2D eigenvalue weighted by Crippen LogP contribution is -2.42. The maximum Gasteiger partial charge on any atom is 0.0590 e. The number of likely N-dealkylation sites (tertiary alicyclic amines) is 1. The molecule has 1 saturated heterocycles. The SMILES string of the molecule is CC1CN(CCc2cnn(C)c2)CCC1O. The number of aromatic nitrogens is 2. The predicted octanol–water partition coefficient (Wildman–Crippen LogP) is 0.665. The summed E-state index contributed by atoms with van der Waals surface area (Å²) in [5.74, 6) is 0.405. The number of nitrogens with zero attached hydrogens (tertiary/aromatic N) is 3. The van der Waals surface area contributed by atoms with Crippen molar-refractivity contribution >= 4 is 0 Å². The number of aryl methyl sites for hydroxylation is 1. The van der Waals surface area contributed by atoms with E-state index in [0.717, 1.165) is 32.5 Å². The highest BCUT2D eigenvalue weighted by Crippen LogP contribution is 2.16. The van der Waals surface area contributed by atoms with E-state index < -0.39 is 0 Å². The Morgan fingerprint density at radius 3 is 3.00 bits per heavy atom. The van der Waals surface area contributed by atoms with Crippen molar-refractivity contribution in [3.05, 3.63) is 18.0 Å². The number of hydrogen-bond donors (Lipinski definition) is 1. The normalized spacial score (nSPS) is 27.2. The van der Waals surface area contributed by atoms with Crippen LogP contribution >= 0.6 is 0 Å². The number of aliphatic hydroxyl groups is 1. The lowest BCUT2D eigenvalue weighted by atomic mass is 9.96. The van der Waals surface area contributed by atoms with Crippen LogP contribution in [0.3, 0.4) is 0 Å². The lowest BCUT2D eigenvalue weighted by Gasteiger charge is -2.34. The van der Waals surface area contributed by atoms with E-state index in [1.807, 2.05) is 17.9 Å². The molecule has 0 bridgehead atoms. The van der Waals surface area contributed by atoms with Crippen molar-refractivity contribution in [1.82, 2.24) is 14.7 Å². The van der Waals surface area contributed by atoms with Gasteiger partial charge < -0.3 is 10.0 Å². The zero-order chi connectivity index (χ0) is 11.5. The van der Waals surface area contributed by atoms with Crippen LogP contribution in [0.15, 0.2) is 12.4 Å². The monoisotopic (exact) mass is 223 g/mol. The molecule has 1 fully saturated rings. The minimum Gasteiger partial charge on any atom is -0.393 e. The number of aliphatic hydroxyl groups excluding tert-OH is 1. The molecule has 2 unspecified atom stereocenters. The maximum absolute atomic E-state index is 9.64. The van der Waals surface area contributed by atoms with Gasteiger partial charge in [-0.1, -0.05) is 6.92 Å². The molecule has 90 valence electrons. The first kappa shape index (κ1) is 11.6. The summed E-state index contributed by atoms with van der Waals surface area (Å²) in [6, 6.07) is 0. The van der Waals surface area contributed by atoms with Crippen LogP contribution in [-0.2, 0) is 13.5 Å². The Balaban J connectivity index is 1.78. The fraction of sp³-hybridized carbons (Fsp3) is 0.750. The minimum absolute atomic E-state index is 0.102. The number of piperidine rings is 1. The van der Waals surface area contributed by atoms with Gasteiger partial charge in [0, 0.05) is 32.9 Å². The Morgan fingerprint density at radius 2 is 2.38 bits per heavy atom. The van der Waals surface area contributed by atoms with Gasteiger partial charge in [0.05, 0.1) is 12.3 Å². The molecule has 1 aliphatic heterocycles. The van der Waals surface area contributed by atoms with E-state index in [1.165, 1.54) is 5.56 Å². The molecular weight excluding hydrogens is 202 g/mol. The number of hydrogen-bond acceptors (Lipinski definition) is 3. The van der Waals surface area contributed by atoms with E-state index in [4.69, 9.17) is 0 Å². The van der Waals surface area contributed by atoms with Gasteiger partial charge in [-0.25, -0.2) is 0 Å². The standard InChI is InChI=1S/C12H21N3O/c1-10-8-15(6-4-12(10)16)5-3-11-7-13-14(2)9-11/h7,9-10,12,16H,3-6,8H2,1-2H3. The van der Waals surface area contributed by atoms with Crippen molar-refractivity contribution in [2.75, 3.05) is 19.6 Å². The molecule has 16 heavy (non-hydrogen) atoms. The highest BCUT2D eigenvalue weighted by atomic mass is 16.3. The molecule has 1 aromatic heterocycles. The second-order valence-electron chi connectivity index (χ2n) is 4.91. The molecule has 2 heterocycles. The molecule has 2 rings (SSSR count). The Labute approximate surface area is 96.9 Å². The average molecular weight is 223 g/mol. The fourth-order valence-electron chi connectivity index (χ4n) is 2.31. The minimum atomic E-state index is -0.102. The molecule has 4 nitrogen and oxygen atoms in total. The first-order valence-corrected chi connectivity index (χ1v) is 6.03. The van der Waals surface area contributed by atoms with Gasteiger partial charge in [0.1, 0.15) is 0 Å². The molecule has 1 N–H and O–H groups in total. The Kier molecular flexibility index (Phi) is 3.61. The molecule has 1 aliphatic rings. The van der Waals surface area contributed by atoms with E-state index >= 15 is 0 Å². The zero-order valence-electron chi connectivity index (χ0n) is 10.1. The van der Waals surface area contributed by atoms with Crippen LogP contribution in [0.4, 0.5) is 0 Å². The third kappa shape index (κ3) is 2.83. The second kappa shape index (κ2) is 4.97. The van der Waals surface area contributed by atoms with Gasteiger partial charge in [-0.3, -0.25) is 4.68 Å². The molecule has 1 aromatic rings. The van der Waals surface area contributed by atoms with Crippen molar-refractivity contribution in [2.24, 2.45) is 13.0 Å². The van der Waals surface area contributed by atoms with Gasteiger partial charge in [-0.2, -0.15) is 5.10 Å². The zero-order valence-corrected chi connectivity index (χ0v) is 10.1. The van der Waals surface area contributed by atoms with Crippen molar-refractivity contribution in [3.63, 3.8) is 0 Å². The first-order chi connectivity index (χ1) is 7.65. The van der Waals surface area contributed by atoms with E-state index in [-0.39, 0.29) is 6.10 Å². The fourth-order valence-corrected chi connectivity index (χ4v) is 2.31. The molecular formula is C12H21N3O. The first-order valence-electron chi connectivity index (χ1n) is 6.03. The summed E-state index contributed by atoms with van der Waals surface area (Å²) in [7, 11) is 1.95. The smallest absolute Gasteiger partial charge is 0.0590 e. The summed E-state index contributed by atoms with van der Waals surface area (Å²) in [5.41, 5.74) is 1.29. The summed E-state index contributed by atoms with van der Waals surface area (Å²) in [5, 5.41) is 13.8. The van der Waals surface area contributed by atoms with Crippen LogP contribution in [0.5, 0.6) is 0 Å². The van der Waals surface area contributed by atoms with Crippen LogP contribution in [0.25, 0.3) is 0 Å². The van der Waals surface area contributed by atoms with E-state index in [9.17, 15) is 5.11 Å². The van der Waals surface area contributed by atoms with Crippen LogP contribution in [-0.4, -0.2) is 45.5 Å². The van der Waals surface area contributed by atoms with Crippen LogP contribution in [0, 0.1) is 5.92 Å². The second-order valence-corrected chi connectivity index (χ2v) is 4.91. The van der Waals surface area contributed by atoms with Gasteiger partial charge in [0.2, 0.25) is 0 Å². The lowest BCUT2D eigenvalue weighted by molar-refractivity contribution is 0.0356.